The maximum Gasteiger partial charge on any atom is 0.132 e. The van der Waals surface area contributed by atoms with Crippen LogP contribution in [0.3, 0.4) is 0 Å². The van der Waals surface area contributed by atoms with Crippen LogP contribution >= 0.6 is 11.6 Å². The Labute approximate surface area is 105 Å². The first-order chi connectivity index (χ1) is 8.24. The number of nitriles is 2. The van der Waals surface area contributed by atoms with Gasteiger partial charge in [-0.3, -0.25) is 0 Å². The van der Waals surface area contributed by atoms with E-state index in [2.05, 4.69) is 22.0 Å². The van der Waals surface area contributed by atoms with Crippen molar-refractivity contribution in [3.05, 3.63) is 22.8 Å². The molecule has 1 saturated carbocycles. The zero-order valence-electron chi connectivity index (χ0n) is 9.23. The minimum Gasteiger partial charge on any atom is -0.353 e. The maximum atomic E-state index is 8.89. The van der Waals surface area contributed by atoms with Gasteiger partial charge in [-0.1, -0.05) is 11.6 Å². The SMILES string of the molecule is N#CCCN(c1cc(C#N)cc(Cl)n1)C1CC1. The van der Waals surface area contributed by atoms with E-state index >= 15 is 0 Å². The molecule has 0 atom stereocenters. The molecule has 2 rings (SSSR count). The summed E-state index contributed by atoms with van der Waals surface area (Å²) in [6.07, 6.45) is 2.68. The van der Waals surface area contributed by atoms with E-state index in [1.165, 1.54) is 0 Å². The van der Waals surface area contributed by atoms with Crippen LogP contribution in [-0.4, -0.2) is 17.6 Å². The van der Waals surface area contributed by atoms with Crippen molar-refractivity contribution in [2.75, 3.05) is 11.4 Å². The Morgan fingerprint density at radius 1 is 1.41 bits per heavy atom. The monoisotopic (exact) mass is 246 g/mol. The van der Waals surface area contributed by atoms with Crippen molar-refractivity contribution in [1.82, 2.24) is 4.98 Å². The minimum absolute atomic E-state index is 0.321. The standard InChI is InChI=1S/C12H11ClN4/c13-11-6-9(8-15)7-12(16-11)17(5-1-4-14)10-2-3-10/h6-7,10H,1-3,5H2. The smallest absolute Gasteiger partial charge is 0.132 e. The summed E-state index contributed by atoms with van der Waals surface area (Å²) in [5, 5.41) is 17.9. The van der Waals surface area contributed by atoms with Gasteiger partial charge in [0, 0.05) is 12.6 Å². The quantitative estimate of drug-likeness (QED) is 0.766. The molecule has 17 heavy (non-hydrogen) atoms. The lowest BCUT2D eigenvalue weighted by atomic mass is 10.2. The molecule has 0 bridgehead atoms. The van der Waals surface area contributed by atoms with Gasteiger partial charge in [0.1, 0.15) is 11.0 Å². The van der Waals surface area contributed by atoms with Gasteiger partial charge >= 0.3 is 0 Å². The first-order valence-electron chi connectivity index (χ1n) is 5.46. The summed E-state index contributed by atoms with van der Waals surface area (Å²) >= 11 is 5.88. The van der Waals surface area contributed by atoms with Gasteiger partial charge < -0.3 is 4.90 Å². The molecule has 1 heterocycles. The van der Waals surface area contributed by atoms with Gasteiger partial charge in [-0.05, 0) is 25.0 Å². The molecule has 0 aliphatic heterocycles. The summed E-state index contributed by atoms with van der Waals surface area (Å²) in [6.45, 7) is 0.638. The third-order valence-corrected chi connectivity index (χ3v) is 2.85. The maximum absolute atomic E-state index is 8.89. The summed E-state index contributed by atoms with van der Waals surface area (Å²) in [5.74, 6) is 0.701. The van der Waals surface area contributed by atoms with Crippen molar-refractivity contribution in [1.29, 1.82) is 10.5 Å². The molecule has 4 nitrogen and oxygen atoms in total. The first-order valence-corrected chi connectivity index (χ1v) is 5.83. The van der Waals surface area contributed by atoms with Gasteiger partial charge in [0.2, 0.25) is 0 Å². The number of halogens is 1. The van der Waals surface area contributed by atoms with Crippen LogP contribution in [0.2, 0.25) is 5.15 Å². The average Bonchev–Trinajstić information content (AvgIpc) is 3.13. The Morgan fingerprint density at radius 3 is 2.76 bits per heavy atom. The van der Waals surface area contributed by atoms with E-state index in [9.17, 15) is 0 Å². The largest absolute Gasteiger partial charge is 0.353 e. The van der Waals surface area contributed by atoms with Crippen molar-refractivity contribution in [2.24, 2.45) is 0 Å². The Bertz CT molecular complexity index is 496. The molecule has 1 aromatic rings. The average molecular weight is 247 g/mol. The zero-order chi connectivity index (χ0) is 12.3. The van der Waals surface area contributed by atoms with Gasteiger partial charge in [-0.15, -0.1) is 0 Å². The highest BCUT2D eigenvalue weighted by Gasteiger charge is 2.30. The molecule has 1 aliphatic rings. The third-order valence-electron chi connectivity index (χ3n) is 2.66. The molecule has 1 aromatic heterocycles. The molecule has 86 valence electrons. The lowest BCUT2D eigenvalue weighted by Crippen LogP contribution is -2.27. The summed E-state index contributed by atoms with van der Waals surface area (Å²) < 4.78 is 0. The lowest BCUT2D eigenvalue weighted by Gasteiger charge is -2.22. The van der Waals surface area contributed by atoms with Gasteiger partial charge in [0.25, 0.3) is 0 Å². The normalized spacial score (nSPS) is 13.8. The minimum atomic E-state index is 0.321. The molecule has 1 fully saturated rings. The Kier molecular flexibility index (Phi) is 3.46. The van der Waals surface area contributed by atoms with Crippen LogP contribution in [0, 0.1) is 22.7 Å². The van der Waals surface area contributed by atoms with E-state index < -0.39 is 0 Å². The van der Waals surface area contributed by atoms with E-state index in [0.29, 0.717) is 35.5 Å². The molecular formula is C12H11ClN4. The van der Waals surface area contributed by atoms with Crippen molar-refractivity contribution < 1.29 is 0 Å². The van der Waals surface area contributed by atoms with Crippen LogP contribution < -0.4 is 4.90 Å². The second-order valence-corrected chi connectivity index (χ2v) is 4.37. The van der Waals surface area contributed by atoms with Crippen LogP contribution in [-0.2, 0) is 0 Å². The molecule has 5 heteroatoms. The fourth-order valence-corrected chi connectivity index (χ4v) is 1.94. The van der Waals surface area contributed by atoms with Gasteiger partial charge in [-0.25, -0.2) is 4.98 Å². The second kappa shape index (κ2) is 5.03. The van der Waals surface area contributed by atoms with E-state index in [1.54, 1.807) is 12.1 Å². The number of rotatable bonds is 4. The predicted molar refractivity (Wildman–Crippen MR) is 64.6 cm³/mol. The molecule has 1 aliphatic carbocycles. The second-order valence-electron chi connectivity index (χ2n) is 3.98. The third kappa shape index (κ3) is 2.87. The summed E-state index contributed by atoms with van der Waals surface area (Å²) in [6, 6.07) is 7.90. The van der Waals surface area contributed by atoms with Crippen LogP contribution in [0.5, 0.6) is 0 Å². The molecule has 0 amide bonds. The molecule has 0 unspecified atom stereocenters. The van der Waals surface area contributed by atoms with Crippen LogP contribution in [0.25, 0.3) is 0 Å². The summed E-state index contributed by atoms with van der Waals surface area (Å²) in [7, 11) is 0. The van der Waals surface area contributed by atoms with E-state index in [1.807, 2.05) is 0 Å². The molecular weight excluding hydrogens is 236 g/mol. The van der Waals surface area contributed by atoms with E-state index in [4.69, 9.17) is 22.1 Å². The number of nitrogens with zero attached hydrogens (tertiary/aromatic N) is 4. The van der Waals surface area contributed by atoms with Gasteiger partial charge in [-0.2, -0.15) is 10.5 Å². The molecule has 0 radical (unpaired) electrons. The Balaban J connectivity index is 2.26. The number of anilines is 1. The van der Waals surface area contributed by atoms with E-state index in [-0.39, 0.29) is 0 Å². The molecule has 0 aromatic carbocycles. The van der Waals surface area contributed by atoms with Gasteiger partial charge in [0.15, 0.2) is 0 Å². The summed E-state index contributed by atoms with van der Waals surface area (Å²) in [5.41, 5.74) is 0.502. The zero-order valence-corrected chi connectivity index (χ0v) is 9.98. The molecule has 0 N–H and O–H groups in total. The van der Waals surface area contributed by atoms with Crippen LogP contribution in [0.4, 0.5) is 5.82 Å². The first kappa shape index (κ1) is 11.7. The van der Waals surface area contributed by atoms with Crippen LogP contribution in [0.1, 0.15) is 24.8 Å². The fourth-order valence-electron chi connectivity index (χ4n) is 1.74. The highest BCUT2D eigenvalue weighted by atomic mass is 35.5. The number of hydrogen-bond donors (Lipinski definition) is 0. The number of pyridine rings is 1. The summed E-state index contributed by atoms with van der Waals surface area (Å²) in [4.78, 5) is 6.29. The Hall–Kier alpha value is -1.78. The number of aromatic nitrogens is 1. The molecule has 0 saturated heterocycles. The number of hydrogen-bond acceptors (Lipinski definition) is 4. The lowest BCUT2D eigenvalue weighted by molar-refractivity contribution is 0.778. The Morgan fingerprint density at radius 2 is 2.18 bits per heavy atom. The highest BCUT2D eigenvalue weighted by molar-refractivity contribution is 6.29. The van der Waals surface area contributed by atoms with Crippen molar-refractivity contribution in [3.8, 4) is 12.1 Å². The van der Waals surface area contributed by atoms with Gasteiger partial charge in [0.05, 0.1) is 24.1 Å². The predicted octanol–water partition coefficient (Wildman–Crippen LogP) is 2.49. The topological polar surface area (TPSA) is 63.7 Å². The van der Waals surface area contributed by atoms with Crippen LogP contribution in [0.15, 0.2) is 12.1 Å². The van der Waals surface area contributed by atoms with E-state index in [0.717, 1.165) is 12.8 Å². The van der Waals surface area contributed by atoms with Crippen molar-refractivity contribution in [3.63, 3.8) is 0 Å². The van der Waals surface area contributed by atoms with Crippen molar-refractivity contribution >= 4 is 17.4 Å². The highest BCUT2D eigenvalue weighted by Crippen LogP contribution is 2.31. The van der Waals surface area contributed by atoms with Crippen molar-refractivity contribution in [2.45, 2.75) is 25.3 Å². The molecule has 0 spiro atoms. The fraction of sp³-hybridized carbons (Fsp3) is 0.417.